The lowest BCUT2D eigenvalue weighted by Crippen LogP contribution is -2.44. The fourth-order valence-electron chi connectivity index (χ4n) is 4.29. The van der Waals surface area contributed by atoms with Gasteiger partial charge in [-0.25, -0.2) is 14.4 Å². The van der Waals surface area contributed by atoms with Crippen molar-refractivity contribution in [3.63, 3.8) is 0 Å². The molecule has 1 aromatic carbocycles. The predicted octanol–water partition coefficient (Wildman–Crippen LogP) is 3.31. The molecule has 0 spiro atoms. The fourth-order valence-corrected chi connectivity index (χ4v) is 4.29. The van der Waals surface area contributed by atoms with E-state index in [0.29, 0.717) is 29.7 Å². The molecule has 1 aliphatic carbocycles. The molecule has 3 aromatic heterocycles. The third-order valence-corrected chi connectivity index (χ3v) is 6.08. The zero-order chi connectivity index (χ0) is 25.2. The Morgan fingerprint density at radius 1 is 1.14 bits per heavy atom. The number of nitrogen functional groups attached to an aromatic ring is 1. The first-order valence-corrected chi connectivity index (χ1v) is 11.3. The van der Waals surface area contributed by atoms with Gasteiger partial charge in [-0.1, -0.05) is 12.0 Å². The van der Waals surface area contributed by atoms with E-state index in [1.54, 1.807) is 48.3 Å². The van der Waals surface area contributed by atoms with Crippen molar-refractivity contribution < 1.29 is 14.0 Å². The number of hydrogen-bond acceptors (Lipinski definition) is 6. The Morgan fingerprint density at radius 2 is 1.97 bits per heavy atom. The zero-order valence-corrected chi connectivity index (χ0v) is 19.3. The van der Waals surface area contributed by atoms with Crippen LogP contribution in [0.4, 0.5) is 16.0 Å². The summed E-state index contributed by atoms with van der Waals surface area (Å²) in [6, 6.07) is 11.1. The number of fused-ring (bicyclic) bond motifs is 1. The van der Waals surface area contributed by atoms with Crippen molar-refractivity contribution in [1.82, 2.24) is 25.1 Å². The van der Waals surface area contributed by atoms with Crippen molar-refractivity contribution in [2.24, 2.45) is 0 Å². The molecule has 0 saturated heterocycles. The Balaban J connectivity index is 1.43. The monoisotopic (exact) mass is 483 g/mol. The Kier molecular flexibility index (Phi) is 6.04. The second-order valence-electron chi connectivity index (χ2n) is 8.42. The molecule has 1 fully saturated rings. The topological polar surface area (TPSA) is 128 Å². The van der Waals surface area contributed by atoms with Crippen molar-refractivity contribution in [3.05, 3.63) is 66.2 Å². The van der Waals surface area contributed by atoms with E-state index in [2.05, 4.69) is 32.4 Å². The van der Waals surface area contributed by atoms with Crippen LogP contribution in [0.25, 0.3) is 22.2 Å². The lowest BCUT2D eigenvalue weighted by Gasteiger charge is -2.35. The molecule has 180 valence electrons. The van der Waals surface area contributed by atoms with Crippen LogP contribution in [-0.2, 0) is 4.79 Å². The van der Waals surface area contributed by atoms with E-state index in [4.69, 9.17) is 10.8 Å². The lowest BCUT2D eigenvalue weighted by molar-refractivity contribution is -0.117. The van der Waals surface area contributed by atoms with Gasteiger partial charge in [-0.3, -0.25) is 14.3 Å². The average Bonchev–Trinajstić information content (AvgIpc) is 3.22. The highest BCUT2D eigenvalue weighted by Crippen LogP contribution is 2.39. The number of nitrogens with one attached hydrogen (secondary N) is 2. The summed E-state index contributed by atoms with van der Waals surface area (Å²) in [5.74, 6) is 4.24. The molecule has 9 nitrogen and oxygen atoms in total. The number of nitrogens with two attached hydrogens (primary N) is 1. The minimum Gasteiger partial charge on any atom is -0.383 e. The van der Waals surface area contributed by atoms with Crippen molar-refractivity contribution in [2.45, 2.75) is 31.8 Å². The third-order valence-electron chi connectivity index (χ3n) is 6.08. The number of carbonyl (C=O) groups excluding carboxylic acids is 2. The first-order valence-electron chi connectivity index (χ1n) is 11.3. The van der Waals surface area contributed by atoms with E-state index in [-0.39, 0.29) is 34.9 Å². The van der Waals surface area contributed by atoms with Gasteiger partial charge in [0.05, 0.1) is 16.9 Å². The zero-order valence-electron chi connectivity index (χ0n) is 19.3. The van der Waals surface area contributed by atoms with Crippen LogP contribution in [0, 0.1) is 17.7 Å². The van der Waals surface area contributed by atoms with Gasteiger partial charge in [-0.05, 0) is 62.1 Å². The Morgan fingerprint density at radius 3 is 2.69 bits per heavy atom. The minimum atomic E-state index is -0.615. The second-order valence-corrected chi connectivity index (χ2v) is 8.42. The summed E-state index contributed by atoms with van der Waals surface area (Å²) in [5, 5.41) is 10.7. The van der Waals surface area contributed by atoms with Gasteiger partial charge in [0.25, 0.3) is 11.8 Å². The molecule has 1 saturated carbocycles. The highest BCUT2D eigenvalue weighted by molar-refractivity contribution is 6.05. The summed E-state index contributed by atoms with van der Waals surface area (Å²) in [4.78, 5) is 32.5. The molecule has 2 amide bonds. The molecular weight excluding hydrogens is 461 g/mol. The molecule has 0 atom stereocenters. The minimum absolute atomic E-state index is 0.00517. The highest BCUT2D eigenvalue weighted by Gasteiger charge is 2.34. The maximum atomic E-state index is 15.3. The van der Waals surface area contributed by atoms with Crippen LogP contribution in [-0.4, -0.2) is 37.6 Å². The number of halogens is 1. The molecule has 3 heterocycles. The molecule has 5 rings (SSSR count). The molecule has 0 bridgehead atoms. The summed E-state index contributed by atoms with van der Waals surface area (Å²) >= 11 is 0. The normalized spacial score (nSPS) is 16.5. The van der Waals surface area contributed by atoms with Crippen molar-refractivity contribution >= 4 is 34.4 Å². The molecule has 10 heteroatoms. The predicted molar refractivity (Wildman–Crippen MR) is 133 cm³/mol. The van der Waals surface area contributed by atoms with Crippen LogP contribution in [0.3, 0.4) is 0 Å². The molecule has 0 unspecified atom stereocenters. The van der Waals surface area contributed by atoms with E-state index >= 15 is 4.39 Å². The van der Waals surface area contributed by atoms with E-state index in [1.165, 1.54) is 12.1 Å². The lowest BCUT2D eigenvalue weighted by atomic mass is 9.86. The molecular formula is C26H22FN7O2. The van der Waals surface area contributed by atoms with Crippen LogP contribution < -0.4 is 16.4 Å². The van der Waals surface area contributed by atoms with Gasteiger partial charge in [0.1, 0.15) is 23.1 Å². The first-order chi connectivity index (χ1) is 17.4. The smallest absolute Gasteiger partial charge is 0.296 e. The number of amides is 2. The van der Waals surface area contributed by atoms with Gasteiger partial charge in [-0.2, -0.15) is 5.10 Å². The fraction of sp³-hybridized carbons (Fsp3) is 0.192. The Hall–Kier alpha value is -4.78. The SMILES string of the molecule is CC#CC(=O)NC1CC(n2nc(-c3ccc(C(=O)Nc4ccccn4)cc3F)c3c(N)nccc32)C1. The number of aromatic nitrogens is 4. The van der Waals surface area contributed by atoms with E-state index in [9.17, 15) is 9.59 Å². The van der Waals surface area contributed by atoms with Gasteiger partial charge < -0.3 is 16.4 Å². The largest absolute Gasteiger partial charge is 0.383 e. The van der Waals surface area contributed by atoms with Gasteiger partial charge in [0, 0.05) is 29.6 Å². The number of nitrogens with zero attached hydrogens (tertiary/aromatic N) is 4. The number of pyridine rings is 2. The van der Waals surface area contributed by atoms with Crippen LogP contribution in [0.15, 0.2) is 54.9 Å². The number of benzene rings is 1. The van der Waals surface area contributed by atoms with Crippen LogP contribution in [0.5, 0.6) is 0 Å². The maximum absolute atomic E-state index is 15.3. The van der Waals surface area contributed by atoms with Crippen LogP contribution in [0.1, 0.15) is 36.2 Å². The van der Waals surface area contributed by atoms with E-state index < -0.39 is 11.7 Å². The van der Waals surface area contributed by atoms with Gasteiger partial charge >= 0.3 is 0 Å². The van der Waals surface area contributed by atoms with Crippen LogP contribution >= 0.6 is 0 Å². The number of hydrogen-bond donors (Lipinski definition) is 3. The third kappa shape index (κ3) is 4.34. The molecule has 0 radical (unpaired) electrons. The molecule has 4 aromatic rings. The maximum Gasteiger partial charge on any atom is 0.296 e. The molecule has 4 N–H and O–H groups in total. The second kappa shape index (κ2) is 9.46. The average molecular weight is 484 g/mol. The summed E-state index contributed by atoms with van der Waals surface area (Å²) < 4.78 is 17.1. The van der Waals surface area contributed by atoms with Gasteiger partial charge in [0.2, 0.25) is 0 Å². The summed E-state index contributed by atoms with van der Waals surface area (Å²) in [6.45, 7) is 1.61. The molecule has 0 aliphatic heterocycles. The number of rotatable bonds is 5. The van der Waals surface area contributed by atoms with E-state index in [1.807, 2.05) is 0 Å². The number of carbonyl (C=O) groups is 2. The summed E-state index contributed by atoms with van der Waals surface area (Å²) in [7, 11) is 0. The summed E-state index contributed by atoms with van der Waals surface area (Å²) in [6.07, 6.45) is 4.45. The standard InChI is InChI=1S/C26H22FN7O2/c1-2-5-22(35)31-16-13-17(14-16)34-20-9-11-30-25(28)23(20)24(33-34)18-8-7-15(12-19(18)27)26(36)32-21-6-3-4-10-29-21/h3-4,6-12,16-17H,13-14H2,1H3,(H2,28,30)(H,31,35)(H,29,32,36). The van der Waals surface area contributed by atoms with E-state index in [0.717, 1.165) is 11.6 Å². The van der Waals surface area contributed by atoms with Crippen molar-refractivity contribution in [2.75, 3.05) is 11.1 Å². The molecule has 1 aliphatic rings. The van der Waals surface area contributed by atoms with Crippen molar-refractivity contribution in [3.8, 4) is 23.1 Å². The van der Waals surface area contributed by atoms with Crippen molar-refractivity contribution in [1.29, 1.82) is 0 Å². The highest BCUT2D eigenvalue weighted by atomic mass is 19.1. The summed E-state index contributed by atoms with van der Waals surface area (Å²) in [5.41, 5.74) is 7.59. The Labute approximate surface area is 205 Å². The number of anilines is 2. The Bertz CT molecular complexity index is 1530. The quantitative estimate of drug-likeness (QED) is 0.374. The first kappa shape index (κ1) is 23.0. The van der Waals surface area contributed by atoms with Gasteiger partial charge in [0.15, 0.2) is 0 Å². The van der Waals surface area contributed by atoms with Gasteiger partial charge in [-0.15, -0.1) is 0 Å². The molecule has 36 heavy (non-hydrogen) atoms. The van der Waals surface area contributed by atoms with Crippen LogP contribution in [0.2, 0.25) is 0 Å².